The van der Waals surface area contributed by atoms with Crippen LogP contribution in [0.3, 0.4) is 0 Å². The van der Waals surface area contributed by atoms with Gasteiger partial charge in [-0.25, -0.2) is 12.8 Å². The molecule has 20 heavy (non-hydrogen) atoms. The van der Waals surface area contributed by atoms with E-state index < -0.39 is 25.9 Å². The minimum absolute atomic E-state index is 0.140. The highest BCUT2D eigenvalue weighted by molar-refractivity contribution is 7.93. The summed E-state index contributed by atoms with van der Waals surface area (Å²) in [5.41, 5.74) is 5.10. The van der Waals surface area contributed by atoms with Crippen LogP contribution < -0.4 is 5.73 Å². The number of halogens is 1. The van der Waals surface area contributed by atoms with E-state index in [4.69, 9.17) is 5.73 Å². The Morgan fingerprint density at radius 2 is 1.95 bits per heavy atom. The van der Waals surface area contributed by atoms with Crippen LogP contribution in [0.4, 0.5) is 4.39 Å². The zero-order valence-corrected chi connectivity index (χ0v) is 12.1. The molecule has 0 aromatic heterocycles. The van der Waals surface area contributed by atoms with Crippen LogP contribution in [0.1, 0.15) is 31.7 Å². The van der Waals surface area contributed by atoms with Crippen LogP contribution in [0, 0.1) is 5.82 Å². The molecule has 2 N–H and O–H groups in total. The van der Waals surface area contributed by atoms with Crippen molar-refractivity contribution in [3.8, 4) is 0 Å². The molecule has 108 valence electrons. The van der Waals surface area contributed by atoms with E-state index in [-0.39, 0.29) is 17.2 Å². The maximum atomic E-state index is 14.0. The van der Waals surface area contributed by atoms with Gasteiger partial charge < -0.3 is 5.73 Å². The molecule has 1 aromatic rings. The van der Waals surface area contributed by atoms with E-state index in [1.165, 1.54) is 6.07 Å². The summed E-state index contributed by atoms with van der Waals surface area (Å²) >= 11 is 0. The molecule has 0 unspecified atom stereocenters. The van der Waals surface area contributed by atoms with Crippen LogP contribution in [0.2, 0.25) is 0 Å². The maximum Gasteiger partial charge on any atom is 0.165 e. The molecule has 0 bridgehead atoms. The molecule has 6 heteroatoms. The topological polar surface area (TPSA) is 72.5 Å². The van der Waals surface area contributed by atoms with Gasteiger partial charge in [0.2, 0.25) is 0 Å². The van der Waals surface area contributed by atoms with E-state index in [0.717, 1.165) is 6.42 Å². The van der Waals surface area contributed by atoms with Gasteiger partial charge >= 0.3 is 0 Å². The number of benzene rings is 1. The average molecular weight is 296 g/mol. The lowest BCUT2D eigenvalue weighted by molar-refractivity contribution is 0.388. The van der Waals surface area contributed by atoms with E-state index in [1.807, 2.05) is 0 Å². The number of hydrogen-bond donors (Lipinski definition) is 1. The summed E-state index contributed by atoms with van der Waals surface area (Å²) < 4.78 is 38.2. The molecule has 1 heterocycles. The summed E-state index contributed by atoms with van der Waals surface area (Å²) in [6, 6.07) is 6.13. The normalized spacial score (nSPS) is 30.6. The lowest BCUT2D eigenvalue weighted by atomic mass is 9.82. The highest BCUT2D eigenvalue weighted by atomic mass is 32.2. The van der Waals surface area contributed by atoms with Crippen LogP contribution in [-0.2, 0) is 15.4 Å². The molecule has 1 saturated carbocycles. The second-order valence-electron chi connectivity index (χ2n) is 5.86. The molecular weight excluding hydrogens is 279 g/mol. The van der Waals surface area contributed by atoms with Crippen molar-refractivity contribution in [1.82, 2.24) is 0 Å². The average Bonchev–Trinajstić information content (AvgIpc) is 2.24. The minimum atomic E-state index is -3.43. The third-order valence-electron chi connectivity index (χ3n) is 4.52. The number of sulfone groups is 1. The molecule has 3 rings (SSSR count). The second-order valence-corrected chi connectivity index (χ2v) is 8.16. The zero-order chi connectivity index (χ0) is 14.6. The summed E-state index contributed by atoms with van der Waals surface area (Å²) in [5, 5.41) is 0. The smallest absolute Gasteiger partial charge is 0.165 e. The van der Waals surface area contributed by atoms with Crippen molar-refractivity contribution in [2.45, 2.75) is 36.5 Å². The summed E-state index contributed by atoms with van der Waals surface area (Å²) in [6.07, 6.45) is 1.89. The fourth-order valence-electron chi connectivity index (χ4n) is 3.17. The maximum absolute atomic E-state index is 14.0. The van der Waals surface area contributed by atoms with Crippen molar-refractivity contribution >= 4 is 15.7 Å². The van der Waals surface area contributed by atoms with Crippen molar-refractivity contribution in [2.24, 2.45) is 10.7 Å². The van der Waals surface area contributed by atoms with Gasteiger partial charge in [0.25, 0.3) is 0 Å². The first-order chi connectivity index (χ1) is 9.31. The van der Waals surface area contributed by atoms with Gasteiger partial charge in [0.1, 0.15) is 21.9 Å². The fourth-order valence-corrected chi connectivity index (χ4v) is 5.68. The zero-order valence-electron chi connectivity index (χ0n) is 11.3. The summed E-state index contributed by atoms with van der Waals surface area (Å²) in [4.78, 5) is 4.39. The van der Waals surface area contributed by atoms with Crippen molar-refractivity contribution in [2.75, 3.05) is 5.75 Å². The van der Waals surface area contributed by atoms with E-state index in [2.05, 4.69) is 4.99 Å². The number of nitrogens with two attached hydrogens (primary N) is 1. The number of aliphatic imine (C=N–C) groups is 1. The number of hydrogen-bond acceptors (Lipinski definition) is 4. The first kappa shape index (κ1) is 13.5. The molecule has 0 amide bonds. The van der Waals surface area contributed by atoms with Crippen molar-refractivity contribution in [1.29, 1.82) is 0 Å². The van der Waals surface area contributed by atoms with E-state index >= 15 is 0 Å². The number of amidine groups is 1. The minimum Gasteiger partial charge on any atom is -0.386 e. The molecule has 0 saturated heterocycles. The summed E-state index contributed by atoms with van der Waals surface area (Å²) in [7, 11) is -3.43. The van der Waals surface area contributed by atoms with E-state index in [0.29, 0.717) is 12.8 Å². The van der Waals surface area contributed by atoms with Crippen LogP contribution in [0.5, 0.6) is 0 Å². The second kappa shape index (κ2) is 4.04. The predicted octanol–water partition coefficient (Wildman–Crippen LogP) is 1.75. The van der Waals surface area contributed by atoms with Gasteiger partial charge in [-0.1, -0.05) is 18.2 Å². The van der Waals surface area contributed by atoms with Crippen molar-refractivity contribution in [3.05, 3.63) is 35.6 Å². The van der Waals surface area contributed by atoms with Crippen LogP contribution in [-0.4, -0.2) is 24.8 Å². The Balaban J connectivity index is 2.16. The van der Waals surface area contributed by atoms with Gasteiger partial charge in [-0.15, -0.1) is 0 Å². The van der Waals surface area contributed by atoms with Crippen molar-refractivity contribution < 1.29 is 12.8 Å². The SMILES string of the molecule is C[C@@]1(c2ccccc2F)CS(=O)(=O)C2(CCC2)C(N)=N1. The monoisotopic (exact) mass is 296 g/mol. The van der Waals surface area contributed by atoms with Gasteiger partial charge in [-0.05, 0) is 32.3 Å². The molecule has 0 radical (unpaired) electrons. The number of nitrogens with zero attached hydrogens (tertiary/aromatic N) is 1. The first-order valence-corrected chi connectivity index (χ1v) is 8.29. The third kappa shape index (κ3) is 1.63. The Morgan fingerprint density at radius 3 is 2.45 bits per heavy atom. The quantitative estimate of drug-likeness (QED) is 0.858. The van der Waals surface area contributed by atoms with Crippen LogP contribution in [0.25, 0.3) is 0 Å². The summed E-state index contributed by atoms with van der Waals surface area (Å²) in [5.74, 6) is -0.506. The highest BCUT2D eigenvalue weighted by Crippen LogP contribution is 2.46. The Bertz CT molecular complexity index is 695. The predicted molar refractivity (Wildman–Crippen MR) is 75.7 cm³/mol. The highest BCUT2D eigenvalue weighted by Gasteiger charge is 2.57. The van der Waals surface area contributed by atoms with Gasteiger partial charge in [0.05, 0.1) is 5.75 Å². The van der Waals surface area contributed by atoms with Gasteiger partial charge in [0.15, 0.2) is 9.84 Å². The van der Waals surface area contributed by atoms with E-state index in [9.17, 15) is 12.8 Å². The molecule has 1 spiro atoms. The van der Waals surface area contributed by atoms with E-state index in [1.54, 1.807) is 25.1 Å². The molecule has 1 aromatic carbocycles. The third-order valence-corrected chi connectivity index (χ3v) is 7.27. The standard InChI is InChI=1S/C14H17FN2O2S/c1-13(10-5-2-3-6-11(10)15)9-20(18,19)14(7-4-8-14)12(16)17-13/h2-3,5-6H,4,7-9H2,1H3,(H2,16,17)/t13-/m0/s1. The summed E-state index contributed by atoms with van der Waals surface area (Å²) in [6.45, 7) is 1.63. The lowest BCUT2D eigenvalue weighted by Gasteiger charge is -2.46. The largest absolute Gasteiger partial charge is 0.386 e. The lowest BCUT2D eigenvalue weighted by Crippen LogP contribution is -2.61. The molecule has 1 atom stereocenters. The van der Waals surface area contributed by atoms with Crippen LogP contribution >= 0.6 is 0 Å². The molecule has 2 aliphatic rings. The van der Waals surface area contributed by atoms with Gasteiger partial charge in [-0.2, -0.15) is 0 Å². The Kier molecular flexibility index (Phi) is 2.73. The fraction of sp³-hybridized carbons (Fsp3) is 0.500. The molecule has 4 nitrogen and oxygen atoms in total. The molecule has 1 aliphatic carbocycles. The Labute approximate surface area is 117 Å². The van der Waals surface area contributed by atoms with Crippen molar-refractivity contribution in [3.63, 3.8) is 0 Å². The molecule has 1 fully saturated rings. The Hall–Kier alpha value is -1.43. The van der Waals surface area contributed by atoms with Gasteiger partial charge in [0, 0.05) is 5.56 Å². The first-order valence-electron chi connectivity index (χ1n) is 6.64. The molecule has 1 aliphatic heterocycles. The molecular formula is C14H17FN2O2S. The Morgan fingerprint density at radius 1 is 1.30 bits per heavy atom. The number of rotatable bonds is 1. The van der Waals surface area contributed by atoms with Gasteiger partial charge in [-0.3, -0.25) is 4.99 Å². The van der Waals surface area contributed by atoms with Crippen LogP contribution in [0.15, 0.2) is 29.3 Å².